The fourth-order valence-electron chi connectivity index (χ4n) is 2.26. The standard InChI is InChI=1S/C13H11F2N3/c1-18-12-10(15)6-9(14)7-11(12)17-13(18)8-2-4-16-5-3-8/h2-7,13,17H,1H3. The highest BCUT2D eigenvalue weighted by Gasteiger charge is 2.30. The molecule has 0 amide bonds. The minimum atomic E-state index is -0.581. The Labute approximate surface area is 103 Å². The largest absolute Gasteiger partial charge is 0.360 e. The summed E-state index contributed by atoms with van der Waals surface area (Å²) >= 11 is 0. The fourth-order valence-corrected chi connectivity index (χ4v) is 2.26. The van der Waals surface area contributed by atoms with Crippen LogP contribution >= 0.6 is 0 Å². The first-order chi connectivity index (χ1) is 8.66. The van der Waals surface area contributed by atoms with Gasteiger partial charge < -0.3 is 10.2 Å². The van der Waals surface area contributed by atoms with Crippen molar-refractivity contribution in [3.8, 4) is 0 Å². The lowest BCUT2D eigenvalue weighted by Crippen LogP contribution is -2.23. The molecular formula is C13H11F2N3. The fraction of sp³-hybridized carbons (Fsp3) is 0.154. The van der Waals surface area contributed by atoms with Crippen LogP contribution in [0.3, 0.4) is 0 Å². The summed E-state index contributed by atoms with van der Waals surface area (Å²) in [6.07, 6.45) is 3.13. The van der Waals surface area contributed by atoms with Crippen molar-refractivity contribution in [1.29, 1.82) is 0 Å². The van der Waals surface area contributed by atoms with E-state index in [1.807, 2.05) is 12.1 Å². The molecule has 1 atom stereocenters. The molecule has 0 spiro atoms. The van der Waals surface area contributed by atoms with Crippen molar-refractivity contribution in [3.05, 3.63) is 53.9 Å². The number of benzene rings is 1. The third-order valence-corrected chi connectivity index (χ3v) is 3.08. The van der Waals surface area contributed by atoms with Crippen LogP contribution in [0.1, 0.15) is 11.7 Å². The molecule has 1 aromatic carbocycles. The predicted octanol–water partition coefficient (Wildman–Crippen LogP) is 2.92. The number of anilines is 2. The maximum Gasteiger partial charge on any atom is 0.151 e. The summed E-state index contributed by atoms with van der Waals surface area (Å²) in [4.78, 5) is 5.69. The number of rotatable bonds is 1. The Morgan fingerprint density at radius 1 is 1.22 bits per heavy atom. The molecule has 0 fully saturated rings. The number of nitrogens with one attached hydrogen (secondary N) is 1. The number of pyridine rings is 1. The number of hydrogen-bond donors (Lipinski definition) is 1. The lowest BCUT2D eigenvalue weighted by atomic mass is 10.2. The van der Waals surface area contributed by atoms with Crippen LogP contribution in [-0.4, -0.2) is 12.0 Å². The van der Waals surface area contributed by atoms with Crippen molar-refractivity contribution in [2.45, 2.75) is 6.17 Å². The Hall–Kier alpha value is -2.17. The summed E-state index contributed by atoms with van der Waals surface area (Å²) in [6, 6.07) is 5.88. The summed E-state index contributed by atoms with van der Waals surface area (Å²) in [7, 11) is 1.77. The van der Waals surface area contributed by atoms with E-state index in [0.717, 1.165) is 11.6 Å². The first-order valence-corrected chi connectivity index (χ1v) is 5.55. The second-order valence-corrected chi connectivity index (χ2v) is 4.22. The Kier molecular flexibility index (Phi) is 2.40. The first kappa shape index (κ1) is 11.0. The highest BCUT2D eigenvalue weighted by molar-refractivity contribution is 5.77. The molecule has 1 aliphatic heterocycles. The van der Waals surface area contributed by atoms with Gasteiger partial charge in [-0.15, -0.1) is 0 Å². The zero-order valence-electron chi connectivity index (χ0n) is 9.69. The maximum absolute atomic E-state index is 13.8. The summed E-state index contributed by atoms with van der Waals surface area (Å²) in [5.74, 6) is -1.14. The van der Waals surface area contributed by atoms with Gasteiger partial charge >= 0.3 is 0 Å². The molecule has 3 nitrogen and oxygen atoms in total. The number of aromatic nitrogens is 1. The second kappa shape index (κ2) is 3.94. The van der Waals surface area contributed by atoms with Crippen LogP contribution in [-0.2, 0) is 0 Å². The van der Waals surface area contributed by atoms with Crippen molar-refractivity contribution in [2.75, 3.05) is 17.3 Å². The van der Waals surface area contributed by atoms with Gasteiger partial charge in [0, 0.05) is 25.5 Å². The van der Waals surface area contributed by atoms with E-state index >= 15 is 0 Å². The zero-order chi connectivity index (χ0) is 12.7. The van der Waals surface area contributed by atoms with E-state index in [9.17, 15) is 8.78 Å². The predicted molar refractivity (Wildman–Crippen MR) is 65.4 cm³/mol. The van der Waals surface area contributed by atoms with Gasteiger partial charge in [0.1, 0.15) is 12.0 Å². The number of hydrogen-bond acceptors (Lipinski definition) is 3. The molecule has 0 saturated carbocycles. The molecule has 0 saturated heterocycles. The molecule has 5 heteroatoms. The summed E-state index contributed by atoms with van der Waals surface area (Å²) < 4.78 is 26.9. The lowest BCUT2D eigenvalue weighted by molar-refractivity contribution is 0.583. The van der Waals surface area contributed by atoms with Gasteiger partial charge in [0.25, 0.3) is 0 Å². The molecule has 1 N–H and O–H groups in total. The Balaban J connectivity index is 2.04. The summed E-state index contributed by atoms with van der Waals surface area (Å²) in [5, 5.41) is 3.10. The average Bonchev–Trinajstić information content (AvgIpc) is 2.67. The van der Waals surface area contributed by atoms with Crippen LogP contribution in [0.15, 0.2) is 36.7 Å². The molecule has 0 radical (unpaired) electrons. The molecular weight excluding hydrogens is 236 g/mol. The molecule has 1 aromatic heterocycles. The highest BCUT2D eigenvalue weighted by atomic mass is 19.1. The molecule has 1 unspecified atom stereocenters. The van der Waals surface area contributed by atoms with Gasteiger partial charge in [0.2, 0.25) is 0 Å². The van der Waals surface area contributed by atoms with E-state index in [4.69, 9.17) is 0 Å². The highest BCUT2D eigenvalue weighted by Crippen LogP contribution is 2.41. The Morgan fingerprint density at radius 3 is 2.67 bits per heavy atom. The van der Waals surface area contributed by atoms with E-state index in [-0.39, 0.29) is 6.17 Å². The summed E-state index contributed by atoms with van der Waals surface area (Å²) in [5.41, 5.74) is 1.80. The smallest absolute Gasteiger partial charge is 0.151 e. The van der Waals surface area contributed by atoms with Crippen molar-refractivity contribution >= 4 is 11.4 Å². The van der Waals surface area contributed by atoms with E-state index in [1.54, 1.807) is 24.3 Å². The first-order valence-electron chi connectivity index (χ1n) is 5.55. The molecule has 0 aliphatic carbocycles. The minimum absolute atomic E-state index is 0.209. The van der Waals surface area contributed by atoms with Gasteiger partial charge in [-0.2, -0.15) is 0 Å². The molecule has 3 rings (SSSR count). The normalized spacial score (nSPS) is 17.5. The van der Waals surface area contributed by atoms with Gasteiger partial charge in [0.15, 0.2) is 5.82 Å². The quantitative estimate of drug-likeness (QED) is 0.839. The van der Waals surface area contributed by atoms with Crippen molar-refractivity contribution in [1.82, 2.24) is 4.98 Å². The third kappa shape index (κ3) is 1.59. The molecule has 2 aromatic rings. The molecule has 1 aliphatic rings. The Bertz CT molecular complexity index is 586. The molecule has 2 heterocycles. The van der Waals surface area contributed by atoms with Gasteiger partial charge in [0.05, 0.1) is 11.4 Å². The van der Waals surface area contributed by atoms with Gasteiger partial charge in [-0.05, 0) is 23.8 Å². The van der Waals surface area contributed by atoms with Crippen LogP contribution in [0.2, 0.25) is 0 Å². The number of fused-ring (bicyclic) bond motifs is 1. The monoisotopic (exact) mass is 247 g/mol. The van der Waals surface area contributed by atoms with Crippen LogP contribution in [0.5, 0.6) is 0 Å². The number of halogens is 2. The van der Waals surface area contributed by atoms with Crippen LogP contribution in [0.4, 0.5) is 20.2 Å². The minimum Gasteiger partial charge on any atom is -0.360 e. The second-order valence-electron chi connectivity index (χ2n) is 4.22. The van der Waals surface area contributed by atoms with E-state index in [0.29, 0.717) is 11.4 Å². The van der Waals surface area contributed by atoms with E-state index < -0.39 is 11.6 Å². The molecule has 92 valence electrons. The van der Waals surface area contributed by atoms with Crippen molar-refractivity contribution in [3.63, 3.8) is 0 Å². The van der Waals surface area contributed by atoms with Gasteiger partial charge in [-0.3, -0.25) is 4.98 Å². The van der Waals surface area contributed by atoms with Crippen LogP contribution in [0, 0.1) is 11.6 Å². The third-order valence-electron chi connectivity index (χ3n) is 3.08. The van der Waals surface area contributed by atoms with Gasteiger partial charge in [-0.25, -0.2) is 8.78 Å². The molecule has 18 heavy (non-hydrogen) atoms. The topological polar surface area (TPSA) is 28.2 Å². The summed E-state index contributed by atoms with van der Waals surface area (Å²) in [6.45, 7) is 0. The van der Waals surface area contributed by atoms with Crippen molar-refractivity contribution in [2.24, 2.45) is 0 Å². The van der Waals surface area contributed by atoms with Crippen LogP contribution < -0.4 is 10.2 Å². The lowest BCUT2D eigenvalue weighted by Gasteiger charge is -2.22. The van der Waals surface area contributed by atoms with Crippen LogP contribution in [0.25, 0.3) is 0 Å². The van der Waals surface area contributed by atoms with Crippen molar-refractivity contribution < 1.29 is 8.78 Å². The average molecular weight is 247 g/mol. The number of nitrogens with zero attached hydrogens (tertiary/aromatic N) is 2. The SMILES string of the molecule is CN1c2c(F)cc(F)cc2NC1c1ccncc1. The zero-order valence-corrected chi connectivity index (χ0v) is 9.69. The Morgan fingerprint density at radius 2 is 1.94 bits per heavy atom. The maximum atomic E-state index is 13.8. The molecule has 0 bridgehead atoms. The van der Waals surface area contributed by atoms with E-state index in [1.165, 1.54) is 6.07 Å². The van der Waals surface area contributed by atoms with Gasteiger partial charge in [-0.1, -0.05) is 0 Å². The van der Waals surface area contributed by atoms with E-state index in [2.05, 4.69) is 10.3 Å².